The molecule has 1 atom stereocenters. The zero-order chi connectivity index (χ0) is 12.1. The van der Waals surface area contributed by atoms with Crippen molar-refractivity contribution in [2.24, 2.45) is 5.84 Å². The van der Waals surface area contributed by atoms with Crippen molar-refractivity contribution >= 4 is 17.1 Å². The number of nitrogens with zero attached hydrogens (tertiary/aromatic N) is 1. The maximum atomic E-state index is 10.7. The van der Waals surface area contributed by atoms with Crippen molar-refractivity contribution < 1.29 is 4.92 Å². The minimum atomic E-state index is -0.442. The molecule has 1 unspecified atom stereocenters. The second kappa shape index (κ2) is 5.32. The predicted molar refractivity (Wildman–Crippen MR) is 64.3 cm³/mol. The standard InChI is InChI=1S/C10H16N4O2/c1-3-7(2)12-8-4-9(13-11)6-10(5-8)14(15)16/h4-7,12-13H,3,11H2,1-2H3. The highest BCUT2D eigenvalue weighted by molar-refractivity contribution is 5.63. The molecule has 0 bridgehead atoms. The van der Waals surface area contributed by atoms with Crippen LogP contribution in [0.1, 0.15) is 20.3 Å². The maximum Gasteiger partial charge on any atom is 0.273 e. The summed E-state index contributed by atoms with van der Waals surface area (Å²) >= 11 is 0. The van der Waals surface area contributed by atoms with Crippen LogP contribution in [0.2, 0.25) is 0 Å². The van der Waals surface area contributed by atoms with Gasteiger partial charge in [0.25, 0.3) is 5.69 Å². The molecule has 0 heterocycles. The van der Waals surface area contributed by atoms with Crippen molar-refractivity contribution in [3.05, 3.63) is 28.3 Å². The molecule has 0 aliphatic carbocycles. The molecule has 4 N–H and O–H groups in total. The Balaban J connectivity index is 2.99. The van der Waals surface area contributed by atoms with E-state index >= 15 is 0 Å². The fraction of sp³-hybridized carbons (Fsp3) is 0.400. The van der Waals surface area contributed by atoms with Gasteiger partial charge in [0.05, 0.1) is 10.6 Å². The Hall–Kier alpha value is -1.82. The molecule has 0 aromatic heterocycles. The first-order chi connectivity index (χ1) is 7.56. The summed E-state index contributed by atoms with van der Waals surface area (Å²) in [6.45, 7) is 4.05. The second-order valence-corrected chi connectivity index (χ2v) is 3.62. The van der Waals surface area contributed by atoms with Gasteiger partial charge >= 0.3 is 0 Å². The van der Waals surface area contributed by atoms with Crippen LogP contribution in [-0.4, -0.2) is 11.0 Å². The van der Waals surface area contributed by atoms with Crippen LogP contribution in [0, 0.1) is 10.1 Å². The van der Waals surface area contributed by atoms with Crippen molar-refractivity contribution in [1.29, 1.82) is 0 Å². The van der Waals surface area contributed by atoms with Crippen molar-refractivity contribution in [3.8, 4) is 0 Å². The van der Waals surface area contributed by atoms with E-state index in [1.807, 2.05) is 13.8 Å². The van der Waals surface area contributed by atoms with Crippen molar-refractivity contribution in [2.75, 3.05) is 10.7 Å². The summed E-state index contributed by atoms with van der Waals surface area (Å²) in [5.41, 5.74) is 3.63. The number of nitro groups is 1. The summed E-state index contributed by atoms with van der Waals surface area (Å²) in [7, 11) is 0. The Morgan fingerprint density at radius 2 is 2.06 bits per heavy atom. The fourth-order valence-electron chi connectivity index (χ4n) is 1.27. The molecule has 88 valence electrons. The lowest BCUT2D eigenvalue weighted by Gasteiger charge is -2.13. The van der Waals surface area contributed by atoms with E-state index in [4.69, 9.17) is 5.84 Å². The number of nitrogen functional groups attached to an aromatic ring is 1. The Labute approximate surface area is 94.0 Å². The van der Waals surface area contributed by atoms with Crippen LogP contribution in [0.3, 0.4) is 0 Å². The summed E-state index contributed by atoms with van der Waals surface area (Å²) < 4.78 is 0. The van der Waals surface area contributed by atoms with E-state index in [1.54, 1.807) is 6.07 Å². The smallest absolute Gasteiger partial charge is 0.273 e. The lowest BCUT2D eigenvalue weighted by Crippen LogP contribution is -2.14. The molecule has 6 nitrogen and oxygen atoms in total. The van der Waals surface area contributed by atoms with Crippen LogP contribution in [0.4, 0.5) is 17.1 Å². The average Bonchev–Trinajstić information content (AvgIpc) is 2.28. The summed E-state index contributed by atoms with van der Waals surface area (Å²) in [4.78, 5) is 10.2. The SMILES string of the molecule is CCC(C)Nc1cc(NN)cc([N+](=O)[O-])c1. The van der Waals surface area contributed by atoms with Gasteiger partial charge < -0.3 is 10.7 Å². The van der Waals surface area contributed by atoms with Gasteiger partial charge in [-0.3, -0.25) is 16.0 Å². The van der Waals surface area contributed by atoms with Crippen LogP contribution < -0.4 is 16.6 Å². The Morgan fingerprint density at radius 1 is 1.44 bits per heavy atom. The molecule has 0 saturated carbocycles. The number of hydrogen-bond acceptors (Lipinski definition) is 5. The quantitative estimate of drug-likeness (QED) is 0.404. The molecule has 16 heavy (non-hydrogen) atoms. The molecule has 0 spiro atoms. The van der Waals surface area contributed by atoms with E-state index in [0.717, 1.165) is 6.42 Å². The zero-order valence-electron chi connectivity index (χ0n) is 9.36. The number of hydrogen-bond donors (Lipinski definition) is 3. The highest BCUT2D eigenvalue weighted by atomic mass is 16.6. The molecule has 0 saturated heterocycles. The second-order valence-electron chi connectivity index (χ2n) is 3.62. The molecular formula is C10H16N4O2. The van der Waals surface area contributed by atoms with E-state index in [9.17, 15) is 10.1 Å². The lowest BCUT2D eigenvalue weighted by molar-refractivity contribution is -0.384. The van der Waals surface area contributed by atoms with Crippen LogP contribution in [-0.2, 0) is 0 Å². The molecule has 0 aliphatic rings. The van der Waals surface area contributed by atoms with E-state index in [1.165, 1.54) is 12.1 Å². The monoisotopic (exact) mass is 224 g/mol. The number of nitro benzene ring substituents is 1. The average molecular weight is 224 g/mol. The molecule has 1 aromatic rings. The molecule has 0 amide bonds. The number of anilines is 2. The molecule has 0 aliphatic heterocycles. The first-order valence-electron chi connectivity index (χ1n) is 5.09. The molecule has 0 fully saturated rings. The third kappa shape index (κ3) is 3.09. The van der Waals surface area contributed by atoms with Crippen LogP contribution in [0.15, 0.2) is 18.2 Å². The minimum absolute atomic E-state index is 0.0150. The number of nitrogens with one attached hydrogen (secondary N) is 2. The summed E-state index contributed by atoms with van der Waals surface area (Å²) in [6.07, 6.45) is 0.939. The Bertz CT molecular complexity index is 381. The van der Waals surface area contributed by atoms with Gasteiger partial charge in [0.1, 0.15) is 0 Å². The van der Waals surface area contributed by atoms with Crippen molar-refractivity contribution in [2.45, 2.75) is 26.3 Å². The van der Waals surface area contributed by atoms with Crippen LogP contribution >= 0.6 is 0 Å². The largest absolute Gasteiger partial charge is 0.382 e. The van der Waals surface area contributed by atoms with Gasteiger partial charge in [0.15, 0.2) is 0 Å². The van der Waals surface area contributed by atoms with Crippen molar-refractivity contribution in [1.82, 2.24) is 0 Å². The highest BCUT2D eigenvalue weighted by Crippen LogP contribution is 2.24. The first-order valence-corrected chi connectivity index (χ1v) is 5.09. The van der Waals surface area contributed by atoms with Crippen LogP contribution in [0.5, 0.6) is 0 Å². The third-order valence-electron chi connectivity index (χ3n) is 2.32. The highest BCUT2D eigenvalue weighted by Gasteiger charge is 2.10. The minimum Gasteiger partial charge on any atom is -0.382 e. The van der Waals surface area contributed by atoms with Crippen LogP contribution in [0.25, 0.3) is 0 Å². The van der Waals surface area contributed by atoms with Gasteiger partial charge in [0, 0.05) is 23.9 Å². The lowest BCUT2D eigenvalue weighted by atomic mass is 10.2. The van der Waals surface area contributed by atoms with Gasteiger partial charge in [-0.15, -0.1) is 0 Å². The van der Waals surface area contributed by atoms with Gasteiger partial charge in [-0.1, -0.05) is 6.92 Å². The Kier molecular flexibility index (Phi) is 4.07. The molecule has 1 rings (SSSR count). The van der Waals surface area contributed by atoms with Gasteiger partial charge in [0.2, 0.25) is 0 Å². The topological polar surface area (TPSA) is 93.2 Å². The van der Waals surface area contributed by atoms with E-state index in [2.05, 4.69) is 10.7 Å². The normalized spacial score (nSPS) is 11.9. The van der Waals surface area contributed by atoms with Gasteiger partial charge in [-0.05, 0) is 19.4 Å². The molecule has 6 heteroatoms. The molecule has 1 aromatic carbocycles. The number of rotatable bonds is 5. The predicted octanol–water partition coefficient (Wildman–Crippen LogP) is 2.09. The summed E-state index contributed by atoms with van der Waals surface area (Å²) in [5.74, 6) is 5.25. The molecular weight excluding hydrogens is 208 g/mol. The fourth-order valence-corrected chi connectivity index (χ4v) is 1.27. The van der Waals surface area contributed by atoms with E-state index < -0.39 is 4.92 Å². The van der Waals surface area contributed by atoms with E-state index in [-0.39, 0.29) is 11.7 Å². The maximum absolute atomic E-state index is 10.7. The zero-order valence-corrected chi connectivity index (χ0v) is 9.36. The number of nitrogens with two attached hydrogens (primary N) is 1. The number of benzene rings is 1. The van der Waals surface area contributed by atoms with Gasteiger partial charge in [-0.2, -0.15) is 0 Å². The number of hydrazine groups is 1. The molecule has 0 radical (unpaired) electrons. The van der Waals surface area contributed by atoms with Gasteiger partial charge in [-0.25, -0.2) is 0 Å². The third-order valence-corrected chi connectivity index (χ3v) is 2.32. The van der Waals surface area contributed by atoms with E-state index in [0.29, 0.717) is 11.4 Å². The summed E-state index contributed by atoms with van der Waals surface area (Å²) in [5, 5.41) is 13.8. The Morgan fingerprint density at radius 3 is 2.56 bits per heavy atom. The number of non-ortho nitro benzene ring substituents is 1. The summed E-state index contributed by atoms with van der Waals surface area (Å²) in [6, 6.07) is 4.88. The van der Waals surface area contributed by atoms with Crippen molar-refractivity contribution in [3.63, 3.8) is 0 Å². The first kappa shape index (κ1) is 12.3.